The Morgan fingerprint density at radius 2 is 2.00 bits per heavy atom. The molecule has 0 saturated heterocycles. The van der Waals surface area contributed by atoms with Crippen molar-refractivity contribution in [3.05, 3.63) is 12.4 Å². The Morgan fingerprint density at radius 1 is 1.50 bits per heavy atom. The highest BCUT2D eigenvalue weighted by Gasteiger charge is 1.95. The van der Waals surface area contributed by atoms with Gasteiger partial charge >= 0.3 is 0 Å². The van der Waals surface area contributed by atoms with Gasteiger partial charge in [-0.15, -0.1) is 0 Å². The number of rotatable bonds is 4. The van der Waals surface area contributed by atoms with Crippen molar-refractivity contribution >= 4 is 0 Å². The van der Waals surface area contributed by atoms with Crippen molar-refractivity contribution in [2.24, 2.45) is 5.92 Å². The largest absolute Gasteiger partial charge is 0.372 e. The van der Waals surface area contributed by atoms with Gasteiger partial charge in [-0.25, -0.2) is 0 Å². The first kappa shape index (κ1) is 9.34. The van der Waals surface area contributed by atoms with Gasteiger partial charge in [0.25, 0.3) is 0 Å². The molecule has 0 aliphatic rings. The maximum atomic E-state index is 3.84. The molecule has 0 bridgehead atoms. The van der Waals surface area contributed by atoms with Crippen molar-refractivity contribution in [3.8, 4) is 0 Å². The Bertz CT molecular complexity index is 106. The van der Waals surface area contributed by atoms with Gasteiger partial charge in [0.1, 0.15) is 0 Å². The highest BCUT2D eigenvalue weighted by molar-refractivity contribution is 4.87. The van der Waals surface area contributed by atoms with Gasteiger partial charge in [0, 0.05) is 20.6 Å². The lowest BCUT2D eigenvalue weighted by molar-refractivity contribution is 0.444. The van der Waals surface area contributed by atoms with Crippen LogP contribution < -0.4 is 5.32 Å². The van der Waals surface area contributed by atoms with E-state index in [1.165, 1.54) is 0 Å². The number of nitrogens with one attached hydrogen (secondary N) is 1. The van der Waals surface area contributed by atoms with Crippen LogP contribution in [-0.4, -0.2) is 25.5 Å². The molecule has 2 nitrogen and oxygen atoms in total. The third-order valence-electron chi connectivity index (χ3n) is 1.25. The predicted octanol–water partition coefficient (Wildman–Crippen LogP) is 1.26. The van der Waals surface area contributed by atoms with Crippen LogP contribution in [0.15, 0.2) is 12.4 Å². The topological polar surface area (TPSA) is 15.3 Å². The van der Waals surface area contributed by atoms with Gasteiger partial charge in [0.05, 0.1) is 5.82 Å². The average Bonchev–Trinajstić information content (AvgIpc) is 1.82. The monoisotopic (exact) mass is 142 g/mol. The zero-order chi connectivity index (χ0) is 8.15. The molecule has 0 saturated carbocycles. The molecular formula is C8H18N2. The Hall–Kier alpha value is -0.660. The summed E-state index contributed by atoms with van der Waals surface area (Å²) >= 11 is 0. The third-order valence-corrected chi connectivity index (χ3v) is 1.25. The zero-order valence-electron chi connectivity index (χ0n) is 7.44. The Labute approximate surface area is 63.9 Å². The molecular weight excluding hydrogens is 124 g/mol. The van der Waals surface area contributed by atoms with Crippen molar-refractivity contribution < 1.29 is 0 Å². The van der Waals surface area contributed by atoms with Crippen molar-refractivity contribution in [3.63, 3.8) is 0 Å². The lowest BCUT2D eigenvalue weighted by Gasteiger charge is -2.18. The van der Waals surface area contributed by atoms with E-state index in [4.69, 9.17) is 0 Å². The number of hydrogen-bond donors (Lipinski definition) is 1. The third kappa shape index (κ3) is 4.24. The Kier molecular flexibility index (Phi) is 3.93. The van der Waals surface area contributed by atoms with Gasteiger partial charge in [0.15, 0.2) is 0 Å². The molecule has 2 heteroatoms. The molecule has 0 aromatic heterocycles. The van der Waals surface area contributed by atoms with Gasteiger partial charge in [-0.2, -0.15) is 0 Å². The van der Waals surface area contributed by atoms with Crippen LogP contribution in [-0.2, 0) is 0 Å². The quantitative estimate of drug-likeness (QED) is 0.636. The van der Waals surface area contributed by atoms with E-state index in [-0.39, 0.29) is 0 Å². The molecule has 0 heterocycles. The molecule has 1 N–H and O–H groups in total. The molecule has 0 aromatic carbocycles. The van der Waals surface area contributed by atoms with E-state index in [0.29, 0.717) is 5.92 Å². The summed E-state index contributed by atoms with van der Waals surface area (Å²) in [6.07, 6.45) is 0. The maximum Gasteiger partial charge on any atom is 0.0933 e. The van der Waals surface area contributed by atoms with Gasteiger partial charge in [-0.05, 0) is 5.92 Å². The highest BCUT2D eigenvalue weighted by atomic mass is 15.2. The van der Waals surface area contributed by atoms with Gasteiger partial charge in [0.2, 0.25) is 0 Å². The fourth-order valence-electron chi connectivity index (χ4n) is 0.480. The molecule has 0 radical (unpaired) electrons. The molecule has 60 valence electrons. The van der Waals surface area contributed by atoms with Crippen LogP contribution in [0.25, 0.3) is 0 Å². The van der Waals surface area contributed by atoms with E-state index in [2.05, 4.69) is 25.7 Å². The van der Waals surface area contributed by atoms with Crippen LogP contribution in [0.4, 0.5) is 0 Å². The molecule has 0 aromatic rings. The molecule has 0 atom stereocenters. The van der Waals surface area contributed by atoms with Crippen LogP contribution in [0.5, 0.6) is 0 Å². The summed E-state index contributed by atoms with van der Waals surface area (Å²) in [5.41, 5.74) is 0. The van der Waals surface area contributed by atoms with Gasteiger partial charge in [-0.1, -0.05) is 20.4 Å². The smallest absolute Gasteiger partial charge is 0.0933 e. The van der Waals surface area contributed by atoms with Crippen molar-refractivity contribution in [2.45, 2.75) is 13.8 Å². The molecule has 0 unspecified atom stereocenters. The Balaban J connectivity index is 3.40. The zero-order valence-corrected chi connectivity index (χ0v) is 7.44. The van der Waals surface area contributed by atoms with E-state index in [1.54, 1.807) is 0 Å². The average molecular weight is 142 g/mol. The summed E-state index contributed by atoms with van der Waals surface area (Å²) in [5.74, 6) is 1.66. The van der Waals surface area contributed by atoms with Crippen LogP contribution in [0.3, 0.4) is 0 Å². The van der Waals surface area contributed by atoms with E-state index < -0.39 is 0 Å². The lowest BCUT2D eigenvalue weighted by atomic mass is 10.2. The minimum Gasteiger partial charge on any atom is -0.372 e. The van der Waals surface area contributed by atoms with E-state index in [0.717, 1.165) is 12.4 Å². The number of nitrogens with zero attached hydrogens (tertiary/aromatic N) is 1. The molecule has 0 spiro atoms. The van der Waals surface area contributed by atoms with Crippen LogP contribution in [0.1, 0.15) is 13.8 Å². The van der Waals surface area contributed by atoms with E-state index in [1.807, 2.05) is 19.0 Å². The SMILES string of the molecule is C=C(NCC(C)C)N(C)C. The summed E-state index contributed by atoms with van der Waals surface area (Å²) in [4.78, 5) is 1.97. The Morgan fingerprint density at radius 3 is 2.30 bits per heavy atom. The second-order valence-electron chi connectivity index (χ2n) is 3.12. The summed E-state index contributed by atoms with van der Waals surface area (Å²) in [5, 5.41) is 3.21. The summed E-state index contributed by atoms with van der Waals surface area (Å²) in [7, 11) is 3.96. The van der Waals surface area contributed by atoms with Crippen molar-refractivity contribution in [1.29, 1.82) is 0 Å². The molecule has 0 amide bonds. The fourth-order valence-corrected chi connectivity index (χ4v) is 0.480. The summed E-state index contributed by atoms with van der Waals surface area (Å²) in [6, 6.07) is 0. The van der Waals surface area contributed by atoms with Gasteiger partial charge < -0.3 is 10.2 Å². The standard InChI is InChI=1S/C8H18N2/c1-7(2)6-9-8(3)10(4)5/h7,9H,3,6H2,1-2,4-5H3. The number of hydrogen-bond acceptors (Lipinski definition) is 2. The first-order valence-corrected chi connectivity index (χ1v) is 3.64. The summed E-state index contributed by atoms with van der Waals surface area (Å²) < 4.78 is 0. The van der Waals surface area contributed by atoms with Crippen LogP contribution in [0, 0.1) is 5.92 Å². The van der Waals surface area contributed by atoms with Crippen molar-refractivity contribution in [1.82, 2.24) is 10.2 Å². The van der Waals surface area contributed by atoms with Crippen LogP contribution in [0.2, 0.25) is 0 Å². The minimum atomic E-state index is 0.678. The first-order chi connectivity index (χ1) is 4.54. The predicted molar refractivity (Wildman–Crippen MR) is 45.7 cm³/mol. The van der Waals surface area contributed by atoms with Crippen molar-refractivity contribution in [2.75, 3.05) is 20.6 Å². The molecule has 10 heavy (non-hydrogen) atoms. The van der Waals surface area contributed by atoms with E-state index >= 15 is 0 Å². The maximum absolute atomic E-state index is 3.84. The molecule has 0 aliphatic carbocycles. The summed E-state index contributed by atoms with van der Waals surface area (Å²) in [6.45, 7) is 9.19. The molecule has 0 fully saturated rings. The normalized spacial score (nSPS) is 9.70. The second-order valence-corrected chi connectivity index (χ2v) is 3.12. The fraction of sp³-hybridized carbons (Fsp3) is 0.750. The minimum absolute atomic E-state index is 0.678. The second kappa shape index (κ2) is 4.20. The molecule has 0 aliphatic heterocycles. The lowest BCUT2D eigenvalue weighted by Crippen LogP contribution is -2.27. The van der Waals surface area contributed by atoms with E-state index in [9.17, 15) is 0 Å². The van der Waals surface area contributed by atoms with Gasteiger partial charge in [-0.3, -0.25) is 0 Å². The highest BCUT2D eigenvalue weighted by Crippen LogP contribution is 1.92. The molecule has 0 rings (SSSR count). The van der Waals surface area contributed by atoms with Crippen LogP contribution >= 0.6 is 0 Å². The first-order valence-electron chi connectivity index (χ1n) is 3.64.